The topological polar surface area (TPSA) is 70.7 Å². The first-order valence-electron chi connectivity index (χ1n) is 6.48. The zero-order valence-electron chi connectivity index (χ0n) is 11.6. The Kier molecular flexibility index (Phi) is 5.11. The second kappa shape index (κ2) is 6.83. The van der Waals surface area contributed by atoms with Crippen LogP contribution in [0, 0.1) is 0 Å². The lowest BCUT2D eigenvalue weighted by atomic mass is 10.2. The minimum Gasteiger partial charge on any atom is -0.465 e. The highest BCUT2D eigenvalue weighted by Gasteiger charge is 2.22. The van der Waals surface area contributed by atoms with Gasteiger partial charge in [-0.1, -0.05) is 0 Å². The summed E-state index contributed by atoms with van der Waals surface area (Å²) < 4.78 is 4.68. The zero-order chi connectivity index (χ0) is 14.5. The van der Waals surface area contributed by atoms with Gasteiger partial charge in [0.15, 0.2) is 0 Å². The number of carbonyl (C=O) groups excluding carboxylic acids is 2. The van der Waals surface area contributed by atoms with E-state index in [1.54, 1.807) is 11.4 Å². The largest absolute Gasteiger partial charge is 0.465 e. The van der Waals surface area contributed by atoms with Crippen LogP contribution in [0.3, 0.4) is 0 Å². The lowest BCUT2D eigenvalue weighted by Crippen LogP contribution is -2.39. The van der Waals surface area contributed by atoms with E-state index in [1.165, 1.54) is 18.4 Å². The normalized spacial score (nSPS) is 18.2. The van der Waals surface area contributed by atoms with Crippen molar-refractivity contribution in [3.05, 3.63) is 16.3 Å². The number of ether oxygens (including phenoxy) is 1. The summed E-state index contributed by atoms with van der Waals surface area (Å²) in [6.07, 6.45) is 1.05. The predicted molar refractivity (Wildman–Crippen MR) is 78.2 cm³/mol. The molecule has 0 spiro atoms. The molecule has 2 rings (SSSR count). The van der Waals surface area contributed by atoms with E-state index in [1.807, 2.05) is 11.9 Å². The van der Waals surface area contributed by atoms with Gasteiger partial charge in [-0.05, 0) is 31.5 Å². The molecule has 2 heterocycles. The number of hydrogen-bond donors (Lipinski definition) is 2. The maximum Gasteiger partial charge on any atom is 0.350 e. The summed E-state index contributed by atoms with van der Waals surface area (Å²) in [5.74, 6) is -0.549. The first-order chi connectivity index (χ1) is 9.61. The predicted octanol–water partition coefficient (Wildman–Crippen LogP) is 0.767. The van der Waals surface area contributed by atoms with Gasteiger partial charge in [-0.2, -0.15) is 0 Å². The van der Waals surface area contributed by atoms with Crippen LogP contribution in [0.5, 0.6) is 0 Å². The van der Waals surface area contributed by atoms with Gasteiger partial charge in [0.05, 0.1) is 19.3 Å². The molecule has 1 saturated heterocycles. The summed E-state index contributed by atoms with van der Waals surface area (Å²) in [4.78, 5) is 26.0. The molecule has 1 aromatic heterocycles. The van der Waals surface area contributed by atoms with Crippen molar-refractivity contribution in [2.24, 2.45) is 0 Å². The maximum absolute atomic E-state index is 12.0. The van der Waals surface area contributed by atoms with Gasteiger partial charge in [0, 0.05) is 12.6 Å². The van der Waals surface area contributed by atoms with Crippen LogP contribution in [0.15, 0.2) is 11.4 Å². The van der Waals surface area contributed by atoms with Crippen molar-refractivity contribution >= 4 is 28.9 Å². The van der Waals surface area contributed by atoms with Crippen molar-refractivity contribution in [3.63, 3.8) is 0 Å². The minimum atomic E-state index is -0.427. The number of rotatable bonds is 5. The van der Waals surface area contributed by atoms with E-state index in [0.29, 0.717) is 23.2 Å². The Labute approximate surface area is 122 Å². The standard InChI is InChI=1S/C13H19N3O3S/c1-16(9-3-5-14-7-9)8-11(17)15-10-4-6-20-12(10)13(18)19-2/h4,6,9,14H,3,5,7-8H2,1-2H3,(H,15,17). The third kappa shape index (κ3) is 3.56. The number of esters is 1. The molecule has 1 fully saturated rings. The number of anilines is 1. The van der Waals surface area contributed by atoms with Gasteiger partial charge in [0.2, 0.25) is 5.91 Å². The van der Waals surface area contributed by atoms with Crippen molar-refractivity contribution < 1.29 is 14.3 Å². The van der Waals surface area contributed by atoms with E-state index in [9.17, 15) is 9.59 Å². The summed E-state index contributed by atoms with van der Waals surface area (Å²) in [6.45, 7) is 2.21. The highest BCUT2D eigenvalue weighted by Crippen LogP contribution is 2.23. The monoisotopic (exact) mass is 297 g/mol. The van der Waals surface area contributed by atoms with Crippen molar-refractivity contribution in [2.45, 2.75) is 12.5 Å². The molecule has 1 aliphatic rings. The van der Waals surface area contributed by atoms with Crippen molar-refractivity contribution in [2.75, 3.05) is 39.1 Å². The summed E-state index contributed by atoms with van der Waals surface area (Å²) in [6, 6.07) is 2.11. The van der Waals surface area contributed by atoms with Crippen LogP contribution in [-0.2, 0) is 9.53 Å². The Morgan fingerprint density at radius 1 is 1.60 bits per heavy atom. The first kappa shape index (κ1) is 15.0. The summed E-state index contributed by atoms with van der Waals surface area (Å²) in [7, 11) is 3.26. The molecule has 110 valence electrons. The van der Waals surface area contributed by atoms with E-state index in [0.717, 1.165) is 19.5 Å². The Balaban J connectivity index is 1.91. The highest BCUT2D eigenvalue weighted by molar-refractivity contribution is 7.12. The zero-order valence-corrected chi connectivity index (χ0v) is 12.5. The fourth-order valence-electron chi connectivity index (χ4n) is 2.22. The van der Waals surface area contributed by atoms with Crippen molar-refractivity contribution in [1.82, 2.24) is 10.2 Å². The first-order valence-corrected chi connectivity index (χ1v) is 7.36. The van der Waals surface area contributed by atoms with Crippen LogP contribution in [0.4, 0.5) is 5.69 Å². The summed E-state index contributed by atoms with van der Waals surface area (Å²) >= 11 is 1.26. The average molecular weight is 297 g/mol. The van der Waals surface area contributed by atoms with Crippen molar-refractivity contribution in [1.29, 1.82) is 0 Å². The Hall–Kier alpha value is -1.44. The van der Waals surface area contributed by atoms with Crippen LogP contribution in [-0.4, -0.2) is 56.6 Å². The van der Waals surface area contributed by atoms with Gasteiger partial charge in [0.1, 0.15) is 4.88 Å². The number of carbonyl (C=O) groups is 2. The van der Waals surface area contributed by atoms with Gasteiger partial charge in [-0.25, -0.2) is 4.79 Å². The number of hydrogen-bond acceptors (Lipinski definition) is 6. The second-order valence-electron chi connectivity index (χ2n) is 4.76. The molecule has 0 bridgehead atoms. The van der Waals surface area contributed by atoms with Gasteiger partial charge in [0.25, 0.3) is 0 Å². The van der Waals surface area contributed by atoms with Crippen LogP contribution < -0.4 is 10.6 Å². The third-order valence-corrected chi connectivity index (χ3v) is 4.26. The minimum absolute atomic E-state index is 0.122. The molecule has 0 aliphatic carbocycles. The molecule has 1 amide bonds. The van der Waals surface area contributed by atoms with Crippen LogP contribution in [0.25, 0.3) is 0 Å². The number of methoxy groups -OCH3 is 1. The number of nitrogens with zero attached hydrogens (tertiary/aromatic N) is 1. The maximum atomic E-state index is 12.0. The Morgan fingerprint density at radius 2 is 2.40 bits per heavy atom. The van der Waals surface area contributed by atoms with E-state index in [2.05, 4.69) is 15.4 Å². The number of nitrogens with one attached hydrogen (secondary N) is 2. The molecular formula is C13H19N3O3S. The molecule has 0 aromatic carbocycles. The quantitative estimate of drug-likeness (QED) is 0.786. The van der Waals surface area contributed by atoms with Crippen LogP contribution in [0.2, 0.25) is 0 Å². The van der Waals surface area contributed by atoms with Crippen LogP contribution >= 0.6 is 11.3 Å². The molecule has 0 saturated carbocycles. The fraction of sp³-hybridized carbons (Fsp3) is 0.538. The van der Waals surface area contributed by atoms with E-state index < -0.39 is 5.97 Å². The van der Waals surface area contributed by atoms with Gasteiger partial charge in [-0.3, -0.25) is 9.69 Å². The molecule has 1 aliphatic heterocycles. The molecule has 0 radical (unpaired) electrons. The fourth-order valence-corrected chi connectivity index (χ4v) is 2.99. The smallest absolute Gasteiger partial charge is 0.350 e. The van der Waals surface area contributed by atoms with E-state index >= 15 is 0 Å². The molecule has 7 heteroatoms. The average Bonchev–Trinajstić information content (AvgIpc) is 3.08. The SMILES string of the molecule is COC(=O)c1sccc1NC(=O)CN(C)C1CCNC1. The lowest BCUT2D eigenvalue weighted by molar-refractivity contribution is -0.117. The van der Waals surface area contributed by atoms with Crippen LogP contribution in [0.1, 0.15) is 16.1 Å². The van der Waals surface area contributed by atoms with Gasteiger partial charge < -0.3 is 15.4 Å². The molecule has 6 nitrogen and oxygen atoms in total. The van der Waals surface area contributed by atoms with Gasteiger partial charge in [-0.15, -0.1) is 11.3 Å². The number of amides is 1. The van der Waals surface area contributed by atoms with Gasteiger partial charge >= 0.3 is 5.97 Å². The molecule has 1 atom stereocenters. The molecule has 2 N–H and O–H groups in total. The van der Waals surface area contributed by atoms with E-state index in [-0.39, 0.29) is 5.91 Å². The second-order valence-corrected chi connectivity index (χ2v) is 5.68. The number of thiophene rings is 1. The lowest BCUT2D eigenvalue weighted by Gasteiger charge is -2.22. The summed E-state index contributed by atoms with van der Waals surface area (Å²) in [5.41, 5.74) is 0.518. The Bertz CT molecular complexity index is 483. The third-order valence-electron chi connectivity index (χ3n) is 3.36. The molecular weight excluding hydrogens is 278 g/mol. The molecule has 1 aromatic rings. The highest BCUT2D eigenvalue weighted by atomic mass is 32.1. The Morgan fingerprint density at radius 3 is 3.05 bits per heavy atom. The molecule has 1 unspecified atom stereocenters. The van der Waals surface area contributed by atoms with Crippen molar-refractivity contribution in [3.8, 4) is 0 Å². The van der Waals surface area contributed by atoms with E-state index in [4.69, 9.17) is 0 Å². The molecule has 20 heavy (non-hydrogen) atoms. The summed E-state index contributed by atoms with van der Waals surface area (Å²) in [5, 5.41) is 7.80. The number of likely N-dealkylation sites (N-methyl/N-ethyl adjacent to an activating group) is 1.